The third-order valence-corrected chi connectivity index (χ3v) is 4.25. The van der Waals surface area contributed by atoms with Crippen LogP contribution in [0.25, 0.3) is 11.6 Å². The zero-order chi connectivity index (χ0) is 17.5. The molecule has 5 nitrogen and oxygen atoms in total. The van der Waals surface area contributed by atoms with Crippen molar-refractivity contribution in [3.05, 3.63) is 60.4 Å². The molecule has 130 valence electrons. The van der Waals surface area contributed by atoms with E-state index in [1.165, 1.54) is 5.56 Å². The number of aryl methyl sites for hydroxylation is 2. The van der Waals surface area contributed by atoms with Gasteiger partial charge in [0.2, 0.25) is 5.78 Å². The summed E-state index contributed by atoms with van der Waals surface area (Å²) in [5.74, 6) is 1.34. The number of carbonyl (C=O) groups is 1. The maximum absolute atomic E-state index is 12.2. The number of imidazole rings is 1. The second-order valence-corrected chi connectivity index (χ2v) is 6.21. The summed E-state index contributed by atoms with van der Waals surface area (Å²) in [5, 5.41) is 0. The first-order valence-corrected chi connectivity index (χ1v) is 8.74. The number of carbonyl (C=O) groups excluding carboxylic acids is 1. The zero-order valence-corrected chi connectivity index (χ0v) is 14.5. The van der Waals surface area contributed by atoms with Crippen molar-refractivity contribution in [3.63, 3.8) is 0 Å². The Hall–Kier alpha value is -2.69. The lowest BCUT2D eigenvalue weighted by Gasteiger charge is -2.01. The maximum Gasteiger partial charge on any atom is 0.263 e. The van der Waals surface area contributed by atoms with Gasteiger partial charge in [-0.25, -0.2) is 9.97 Å². The summed E-state index contributed by atoms with van der Waals surface area (Å²) in [4.78, 5) is 20.5. The average Bonchev–Trinajstić information content (AvgIpc) is 3.27. The number of ketones is 1. The lowest BCUT2D eigenvalue weighted by Crippen LogP contribution is -1.99. The molecule has 1 aromatic carbocycles. The molecular weight excluding hydrogens is 314 g/mol. The van der Waals surface area contributed by atoms with Crippen LogP contribution in [0, 0.1) is 0 Å². The molecule has 0 saturated heterocycles. The number of unbranched alkanes of at least 4 members (excludes halogenated alkanes) is 3. The number of hydrogen-bond donors (Lipinski definition) is 0. The molecule has 25 heavy (non-hydrogen) atoms. The lowest BCUT2D eigenvalue weighted by atomic mass is 10.0. The molecule has 0 unspecified atom stereocenters. The van der Waals surface area contributed by atoms with Gasteiger partial charge in [-0.3, -0.25) is 4.79 Å². The Bertz CT molecular complexity index is 805. The van der Waals surface area contributed by atoms with Gasteiger partial charge in [0.25, 0.3) is 5.89 Å². The minimum Gasteiger partial charge on any atom is -0.430 e. The molecule has 0 N–H and O–H groups in total. The number of benzene rings is 1. The summed E-state index contributed by atoms with van der Waals surface area (Å²) in [6, 6.07) is 10.5. The Morgan fingerprint density at radius 1 is 1.08 bits per heavy atom. The van der Waals surface area contributed by atoms with Gasteiger partial charge < -0.3 is 8.98 Å². The van der Waals surface area contributed by atoms with Crippen LogP contribution in [-0.4, -0.2) is 20.3 Å². The van der Waals surface area contributed by atoms with E-state index in [-0.39, 0.29) is 11.7 Å². The summed E-state index contributed by atoms with van der Waals surface area (Å²) in [7, 11) is 1.88. The molecule has 0 aliphatic heterocycles. The van der Waals surface area contributed by atoms with Gasteiger partial charge in [0.1, 0.15) is 0 Å². The van der Waals surface area contributed by atoms with Crippen molar-refractivity contribution in [1.29, 1.82) is 0 Å². The van der Waals surface area contributed by atoms with Gasteiger partial charge in [-0.1, -0.05) is 43.2 Å². The van der Waals surface area contributed by atoms with Crippen molar-refractivity contribution in [1.82, 2.24) is 14.5 Å². The monoisotopic (exact) mass is 337 g/mol. The molecule has 0 atom stereocenters. The van der Waals surface area contributed by atoms with E-state index in [1.54, 1.807) is 12.4 Å². The number of rotatable bonds is 9. The molecule has 3 rings (SSSR count). The number of nitrogens with zero attached hydrogens (tertiary/aromatic N) is 3. The SMILES string of the molecule is Cn1ccnc1-c1cnc(C(=O)CCCCCCc2ccccc2)o1. The second-order valence-electron chi connectivity index (χ2n) is 6.21. The highest BCUT2D eigenvalue weighted by molar-refractivity contribution is 5.91. The smallest absolute Gasteiger partial charge is 0.263 e. The molecule has 2 heterocycles. The van der Waals surface area contributed by atoms with Crippen molar-refractivity contribution in [3.8, 4) is 11.6 Å². The highest BCUT2D eigenvalue weighted by Crippen LogP contribution is 2.19. The fourth-order valence-corrected chi connectivity index (χ4v) is 2.83. The van der Waals surface area contributed by atoms with E-state index in [1.807, 2.05) is 23.9 Å². The van der Waals surface area contributed by atoms with Crippen LogP contribution in [0.15, 0.2) is 53.3 Å². The Kier molecular flexibility index (Phi) is 5.77. The van der Waals surface area contributed by atoms with Crippen molar-refractivity contribution in [2.45, 2.75) is 38.5 Å². The van der Waals surface area contributed by atoms with Crippen molar-refractivity contribution >= 4 is 5.78 Å². The minimum atomic E-state index is -0.0384. The molecule has 0 spiro atoms. The largest absolute Gasteiger partial charge is 0.430 e. The van der Waals surface area contributed by atoms with Gasteiger partial charge in [-0.05, 0) is 24.8 Å². The number of aromatic nitrogens is 3. The third kappa shape index (κ3) is 4.66. The highest BCUT2D eigenvalue weighted by Gasteiger charge is 2.15. The molecule has 0 aliphatic carbocycles. The molecule has 0 fully saturated rings. The number of Topliss-reactive ketones (excluding diaryl/α,β-unsaturated/α-hetero) is 1. The normalized spacial score (nSPS) is 10.9. The fourth-order valence-electron chi connectivity index (χ4n) is 2.83. The molecular formula is C20H23N3O2. The molecule has 0 saturated carbocycles. The van der Waals surface area contributed by atoms with Crippen LogP contribution >= 0.6 is 0 Å². The van der Waals surface area contributed by atoms with Crippen LogP contribution in [0.1, 0.15) is 48.4 Å². The third-order valence-electron chi connectivity index (χ3n) is 4.25. The first kappa shape index (κ1) is 17.1. The van der Waals surface area contributed by atoms with E-state index < -0.39 is 0 Å². The highest BCUT2D eigenvalue weighted by atomic mass is 16.4. The molecule has 3 aromatic rings. The predicted octanol–water partition coefficient (Wildman–Crippen LogP) is 4.45. The minimum absolute atomic E-state index is 0.0384. The first-order chi connectivity index (χ1) is 12.2. The predicted molar refractivity (Wildman–Crippen MR) is 96.3 cm³/mol. The Morgan fingerprint density at radius 2 is 1.88 bits per heavy atom. The van der Waals surface area contributed by atoms with Crippen LogP contribution in [0.5, 0.6) is 0 Å². The average molecular weight is 337 g/mol. The molecule has 2 aromatic heterocycles. The van der Waals surface area contributed by atoms with Gasteiger partial charge >= 0.3 is 0 Å². The van der Waals surface area contributed by atoms with E-state index >= 15 is 0 Å². The molecule has 0 aliphatic rings. The van der Waals surface area contributed by atoms with Crippen molar-refractivity contribution in [2.75, 3.05) is 0 Å². The zero-order valence-electron chi connectivity index (χ0n) is 14.5. The molecule has 0 bridgehead atoms. The van der Waals surface area contributed by atoms with Crippen LogP contribution in [0.2, 0.25) is 0 Å². The summed E-state index contributed by atoms with van der Waals surface area (Å²) in [6.07, 6.45) is 10.9. The lowest BCUT2D eigenvalue weighted by molar-refractivity contribution is 0.0946. The topological polar surface area (TPSA) is 60.9 Å². The van der Waals surface area contributed by atoms with Crippen LogP contribution in [-0.2, 0) is 13.5 Å². The quantitative estimate of drug-likeness (QED) is 0.427. The summed E-state index contributed by atoms with van der Waals surface area (Å²) < 4.78 is 7.40. The Balaban J connectivity index is 1.38. The Labute approximate surface area is 147 Å². The van der Waals surface area contributed by atoms with E-state index in [9.17, 15) is 4.79 Å². The van der Waals surface area contributed by atoms with E-state index in [0.29, 0.717) is 18.0 Å². The van der Waals surface area contributed by atoms with Gasteiger partial charge in [0, 0.05) is 25.9 Å². The number of oxazole rings is 1. The van der Waals surface area contributed by atoms with Gasteiger partial charge in [-0.15, -0.1) is 0 Å². The molecule has 0 amide bonds. The van der Waals surface area contributed by atoms with Gasteiger partial charge in [0.05, 0.1) is 6.20 Å². The van der Waals surface area contributed by atoms with E-state index in [0.717, 1.165) is 32.1 Å². The summed E-state index contributed by atoms with van der Waals surface area (Å²) in [5.41, 5.74) is 1.38. The summed E-state index contributed by atoms with van der Waals surface area (Å²) in [6.45, 7) is 0. The summed E-state index contributed by atoms with van der Waals surface area (Å²) >= 11 is 0. The van der Waals surface area contributed by atoms with Crippen molar-refractivity contribution < 1.29 is 9.21 Å². The number of hydrogen-bond acceptors (Lipinski definition) is 4. The second kappa shape index (κ2) is 8.42. The maximum atomic E-state index is 12.2. The molecule has 0 radical (unpaired) electrons. The van der Waals surface area contributed by atoms with E-state index in [2.05, 4.69) is 34.2 Å². The molecule has 5 heteroatoms. The van der Waals surface area contributed by atoms with Crippen LogP contribution in [0.3, 0.4) is 0 Å². The Morgan fingerprint density at radius 3 is 2.64 bits per heavy atom. The van der Waals surface area contributed by atoms with Crippen molar-refractivity contribution in [2.24, 2.45) is 7.05 Å². The van der Waals surface area contributed by atoms with Gasteiger partial charge in [0.15, 0.2) is 11.6 Å². The standard InChI is InChI=1S/C20H23N3O2/c1-23-14-13-21-19(23)18-15-22-20(25-18)17(24)12-8-3-2-5-9-16-10-6-4-7-11-16/h4,6-7,10-11,13-15H,2-3,5,8-9,12H2,1H3. The van der Waals surface area contributed by atoms with Crippen LogP contribution in [0.4, 0.5) is 0 Å². The van der Waals surface area contributed by atoms with Gasteiger partial charge in [-0.2, -0.15) is 0 Å². The van der Waals surface area contributed by atoms with E-state index in [4.69, 9.17) is 4.42 Å². The van der Waals surface area contributed by atoms with Crippen LogP contribution < -0.4 is 0 Å². The fraction of sp³-hybridized carbons (Fsp3) is 0.350. The first-order valence-electron chi connectivity index (χ1n) is 8.74.